The number of hydrogen-bond acceptors (Lipinski definition) is 6. The number of aryl methyl sites for hydroxylation is 2. The SMILES string of the molecule is CCCCCCC(Oc1ccc(C)cc1C)C(=O)Nc1cc(NS(C)(=O)=O)cc(-c2nc3cc(C4CCCCC4)[nH]n3n2)c1. The standard InChI is InChI=1S/C33H44N6O4S/c1-5-6-7-11-14-30(43-29-16-15-22(2)17-23(29)3)33(40)34-26-18-25(19-27(20-26)38-44(4,41)42)32-35-31-21-28(36-39(31)37-32)24-12-9-8-10-13-24/h15-21,24,30,36,38H,5-14H2,1-4H3,(H,34,40). The molecule has 1 unspecified atom stereocenters. The van der Waals surface area contributed by atoms with Gasteiger partial charge in [-0.1, -0.05) is 63.1 Å². The molecule has 10 nitrogen and oxygen atoms in total. The van der Waals surface area contributed by atoms with Gasteiger partial charge in [0.25, 0.3) is 5.91 Å². The van der Waals surface area contributed by atoms with Gasteiger partial charge >= 0.3 is 0 Å². The third-order valence-electron chi connectivity index (χ3n) is 8.17. The average molecular weight is 621 g/mol. The topological polar surface area (TPSA) is 130 Å². The maximum absolute atomic E-state index is 13.7. The van der Waals surface area contributed by atoms with Gasteiger partial charge in [-0.15, -0.1) is 5.10 Å². The number of sulfonamides is 1. The van der Waals surface area contributed by atoms with Crippen LogP contribution in [-0.2, 0) is 14.8 Å². The predicted octanol–water partition coefficient (Wildman–Crippen LogP) is 7.12. The Morgan fingerprint density at radius 1 is 1.05 bits per heavy atom. The van der Waals surface area contributed by atoms with Crippen LogP contribution in [0.5, 0.6) is 5.75 Å². The number of carbonyl (C=O) groups excluding carboxylic acids is 1. The molecule has 0 radical (unpaired) electrons. The number of nitrogens with one attached hydrogen (secondary N) is 3. The van der Waals surface area contributed by atoms with E-state index in [0.29, 0.717) is 46.5 Å². The van der Waals surface area contributed by atoms with Crippen LogP contribution >= 0.6 is 0 Å². The lowest BCUT2D eigenvalue weighted by Crippen LogP contribution is -2.33. The summed E-state index contributed by atoms with van der Waals surface area (Å²) in [6, 6.07) is 13.0. The van der Waals surface area contributed by atoms with Crippen molar-refractivity contribution in [3.05, 3.63) is 59.3 Å². The molecule has 1 aliphatic carbocycles. The van der Waals surface area contributed by atoms with Gasteiger partial charge in [0.2, 0.25) is 10.0 Å². The van der Waals surface area contributed by atoms with Crippen molar-refractivity contribution in [2.24, 2.45) is 0 Å². The van der Waals surface area contributed by atoms with E-state index in [4.69, 9.17) is 9.72 Å². The lowest BCUT2D eigenvalue weighted by molar-refractivity contribution is -0.123. The van der Waals surface area contributed by atoms with E-state index >= 15 is 0 Å². The van der Waals surface area contributed by atoms with Crippen LogP contribution in [-0.4, -0.2) is 46.5 Å². The molecule has 1 saturated carbocycles. The van der Waals surface area contributed by atoms with Crippen LogP contribution in [0, 0.1) is 13.8 Å². The second-order valence-corrected chi connectivity index (χ2v) is 13.9. The van der Waals surface area contributed by atoms with Crippen molar-refractivity contribution in [2.45, 2.75) is 97.0 Å². The molecule has 0 saturated heterocycles. The van der Waals surface area contributed by atoms with Crippen molar-refractivity contribution in [1.82, 2.24) is 19.8 Å². The van der Waals surface area contributed by atoms with Gasteiger partial charge in [-0.05, 0) is 69.4 Å². The summed E-state index contributed by atoms with van der Waals surface area (Å²) in [4.78, 5) is 18.4. The van der Waals surface area contributed by atoms with E-state index in [-0.39, 0.29) is 5.91 Å². The molecule has 5 rings (SSSR count). The molecule has 2 heterocycles. The Bertz CT molecular complexity index is 1670. The largest absolute Gasteiger partial charge is 0.480 e. The summed E-state index contributed by atoms with van der Waals surface area (Å²) in [7, 11) is -3.58. The number of aromatic nitrogens is 4. The number of unbranched alkanes of at least 4 members (excludes halogenated alkanes) is 3. The van der Waals surface area contributed by atoms with Gasteiger partial charge in [0.15, 0.2) is 17.6 Å². The molecule has 1 aliphatic rings. The van der Waals surface area contributed by atoms with Crippen LogP contribution in [0.3, 0.4) is 0 Å². The Morgan fingerprint density at radius 3 is 2.52 bits per heavy atom. The summed E-state index contributed by atoms with van der Waals surface area (Å²) in [5, 5.41) is 11.0. The van der Waals surface area contributed by atoms with E-state index in [1.54, 1.807) is 22.8 Å². The van der Waals surface area contributed by atoms with Crippen LogP contribution in [0.4, 0.5) is 11.4 Å². The molecule has 11 heteroatoms. The van der Waals surface area contributed by atoms with Crippen molar-refractivity contribution < 1.29 is 17.9 Å². The Hall–Kier alpha value is -3.86. The molecule has 3 N–H and O–H groups in total. The Labute approximate surface area is 260 Å². The maximum atomic E-state index is 13.7. The Kier molecular flexibility index (Phi) is 9.93. The number of rotatable bonds is 13. The van der Waals surface area contributed by atoms with E-state index in [9.17, 15) is 13.2 Å². The first kappa shape index (κ1) is 31.6. The minimum Gasteiger partial charge on any atom is -0.480 e. The van der Waals surface area contributed by atoms with Crippen molar-refractivity contribution in [1.29, 1.82) is 0 Å². The van der Waals surface area contributed by atoms with Crippen LogP contribution in [0.2, 0.25) is 0 Å². The van der Waals surface area contributed by atoms with Gasteiger partial charge in [-0.3, -0.25) is 14.6 Å². The molecule has 1 fully saturated rings. The number of benzene rings is 2. The maximum Gasteiger partial charge on any atom is 0.265 e. The number of anilines is 2. The molecule has 2 aromatic carbocycles. The summed E-state index contributed by atoms with van der Waals surface area (Å²) in [5.74, 6) is 1.28. The van der Waals surface area contributed by atoms with Gasteiger partial charge in [-0.25, -0.2) is 13.4 Å². The van der Waals surface area contributed by atoms with Crippen molar-refractivity contribution in [2.75, 3.05) is 16.3 Å². The summed E-state index contributed by atoms with van der Waals surface area (Å²) in [6.45, 7) is 6.14. The van der Waals surface area contributed by atoms with Crippen LogP contribution < -0.4 is 14.8 Å². The first-order valence-corrected chi connectivity index (χ1v) is 17.6. The van der Waals surface area contributed by atoms with Crippen LogP contribution in [0.25, 0.3) is 17.0 Å². The minimum atomic E-state index is -3.58. The highest BCUT2D eigenvalue weighted by Crippen LogP contribution is 2.33. The molecule has 236 valence electrons. The van der Waals surface area contributed by atoms with E-state index < -0.39 is 16.1 Å². The third-order valence-corrected chi connectivity index (χ3v) is 8.78. The summed E-state index contributed by atoms with van der Waals surface area (Å²) >= 11 is 0. The fourth-order valence-electron chi connectivity index (χ4n) is 5.95. The number of ether oxygens (including phenoxy) is 1. The van der Waals surface area contributed by atoms with Gasteiger partial charge in [-0.2, -0.15) is 4.63 Å². The number of aromatic amines is 1. The molecule has 0 aliphatic heterocycles. The molecule has 2 aromatic heterocycles. The van der Waals surface area contributed by atoms with E-state index in [2.05, 4.69) is 27.2 Å². The van der Waals surface area contributed by atoms with Crippen molar-refractivity contribution in [3.63, 3.8) is 0 Å². The fourth-order valence-corrected chi connectivity index (χ4v) is 6.49. The summed E-state index contributed by atoms with van der Waals surface area (Å²) in [5.41, 5.74) is 5.21. The molecule has 44 heavy (non-hydrogen) atoms. The molecule has 4 aromatic rings. The molecule has 0 spiro atoms. The first-order chi connectivity index (χ1) is 21.1. The monoisotopic (exact) mass is 620 g/mol. The van der Waals surface area contributed by atoms with Crippen LogP contribution in [0.1, 0.15) is 93.9 Å². The third kappa shape index (κ3) is 8.19. The zero-order chi connectivity index (χ0) is 31.3. The number of amides is 1. The van der Waals surface area contributed by atoms with Gasteiger partial charge in [0.1, 0.15) is 5.75 Å². The molecule has 1 amide bonds. The number of fused-ring (bicyclic) bond motifs is 1. The number of nitrogens with zero attached hydrogens (tertiary/aromatic N) is 3. The quantitative estimate of drug-likeness (QED) is 0.137. The lowest BCUT2D eigenvalue weighted by Gasteiger charge is -2.21. The van der Waals surface area contributed by atoms with Crippen molar-refractivity contribution >= 4 is 33.0 Å². The first-order valence-electron chi connectivity index (χ1n) is 15.7. The second kappa shape index (κ2) is 13.8. The summed E-state index contributed by atoms with van der Waals surface area (Å²) in [6.07, 6.45) is 11.0. The lowest BCUT2D eigenvalue weighted by atomic mass is 9.87. The predicted molar refractivity (Wildman–Crippen MR) is 175 cm³/mol. The smallest absolute Gasteiger partial charge is 0.265 e. The molecular formula is C33H44N6O4S. The van der Waals surface area contributed by atoms with Crippen LogP contribution in [0.15, 0.2) is 42.5 Å². The van der Waals surface area contributed by atoms with Gasteiger partial charge in [0, 0.05) is 28.9 Å². The number of hydrogen-bond donors (Lipinski definition) is 3. The molecule has 0 bridgehead atoms. The fraction of sp³-hybridized carbons (Fsp3) is 0.485. The average Bonchev–Trinajstić information content (AvgIpc) is 3.55. The van der Waals surface area contributed by atoms with Gasteiger partial charge < -0.3 is 10.1 Å². The molecule has 1 atom stereocenters. The summed E-state index contributed by atoms with van der Waals surface area (Å²) < 4.78 is 34.8. The van der Waals surface area contributed by atoms with Gasteiger partial charge in [0.05, 0.1) is 11.9 Å². The van der Waals surface area contributed by atoms with E-state index in [1.165, 1.54) is 19.3 Å². The normalized spacial score (nSPS) is 14.9. The highest BCUT2D eigenvalue weighted by molar-refractivity contribution is 7.92. The Balaban J connectivity index is 1.41. The highest BCUT2D eigenvalue weighted by Gasteiger charge is 2.23. The van der Waals surface area contributed by atoms with E-state index in [1.807, 2.05) is 38.1 Å². The Morgan fingerprint density at radius 2 is 1.82 bits per heavy atom. The molecular weight excluding hydrogens is 576 g/mol. The number of H-pyrrole nitrogens is 1. The van der Waals surface area contributed by atoms with Crippen molar-refractivity contribution in [3.8, 4) is 17.1 Å². The minimum absolute atomic E-state index is 0.300. The highest BCUT2D eigenvalue weighted by atomic mass is 32.2. The zero-order valence-corrected chi connectivity index (χ0v) is 27.0. The van der Waals surface area contributed by atoms with E-state index in [0.717, 1.165) is 61.6 Å². The number of carbonyl (C=O) groups is 1. The second-order valence-electron chi connectivity index (χ2n) is 12.1. The zero-order valence-electron chi connectivity index (χ0n) is 26.2.